The molecular weight excluding hydrogens is 285 g/mol. The molecule has 5 atom stereocenters. The highest BCUT2D eigenvalue weighted by Crippen LogP contribution is 2.37. The molecule has 0 amide bonds. The summed E-state index contributed by atoms with van der Waals surface area (Å²) in [7, 11) is 0. The van der Waals surface area contributed by atoms with Gasteiger partial charge in [-0.1, -0.05) is 11.8 Å². The van der Waals surface area contributed by atoms with Crippen LogP contribution < -0.4 is 5.32 Å². The van der Waals surface area contributed by atoms with E-state index in [0.717, 1.165) is 0 Å². The molecule has 2 aliphatic heterocycles. The summed E-state index contributed by atoms with van der Waals surface area (Å²) in [5, 5.41) is 22.5. The number of nitrogens with zero attached hydrogens (tertiary/aromatic N) is 1. The van der Waals surface area contributed by atoms with Crippen LogP contribution in [0.2, 0.25) is 0 Å². The number of aliphatic imine (C=N–C) groups is 1. The number of aliphatic hydroxyl groups is 2. The van der Waals surface area contributed by atoms with Crippen LogP contribution in [0.25, 0.3) is 0 Å². The van der Waals surface area contributed by atoms with Gasteiger partial charge in [0.2, 0.25) is 0 Å². The molecule has 0 spiro atoms. The van der Waals surface area contributed by atoms with Gasteiger partial charge in [0.1, 0.15) is 11.5 Å². The first-order chi connectivity index (χ1) is 8.82. The topological polar surface area (TPSA) is 74.1 Å². The summed E-state index contributed by atoms with van der Waals surface area (Å²) >= 11 is 1.18. The predicted molar refractivity (Wildman–Crippen MR) is 63.8 cm³/mol. The molecule has 2 saturated heterocycles. The molecule has 0 aromatic rings. The molecule has 19 heavy (non-hydrogen) atoms. The molecule has 0 aromatic carbocycles. The van der Waals surface area contributed by atoms with Crippen LogP contribution in [0.4, 0.5) is 13.2 Å². The average Bonchev–Trinajstić information content (AvgIpc) is 2.67. The zero-order valence-corrected chi connectivity index (χ0v) is 10.9. The van der Waals surface area contributed by atoms with E-state index >= 15 is 0 Å². The van der Waals surface area contributed by atoms with Crippen molar-refractivity contribution in [1.82, 2.24) is 5.32 Å². The zero-order chi connectivity index (χ0) is 14.2. The maximum atomic E-state index is 12.5. The Bertz CT molecular complexity index is 366. The molecule has 3 N–H and O–H groups in total. The minimum Gasteiger partial charge on any atom is -0.390 e. The zero-order valence-electron chi connectivity index (χ0n) is 10.1. The standard InChI is InChI=1S/C10H15F3N2O3S/c1-2-14-9-15-4-3-5(16)6(18-8(4)19-9)7(17)10(11,12)13/h4-8,16-17H,2-3H2,1H3,(H,14,15)/t4-,5+,6+,7-,8-/m1/s1. The Morgan fingerprint density at radius 2 is 2.26 bits per heavy atom. The molecule has 0 saturated carbocycles. The Labute approximate surface area is 112 Å². The number of alkyl halides is 3. The van der Waals surface area contributed by atoms with Gasteiger partial charge in [0.15, 0.2) is 11.3 Å². The first-order valence-electron chi connectivity index (χ1n) is 5.89. The van der Waals surface area contributed by atoms with Gasteiger partial charge in [-0.3, -0.25) is 4.99 Å². The number of hydrogen-bond acceptors (Lipinski definition) is 5. The van der Waals surface area contributed by atoms with Gasteiger partial charge >= 0.3 is 6.18 Å². The molecule has 0 aliphatic carbocycles. The fraction of sp³-hybridized carbons (Fsp3) is 0.900. The summed E-state index contributed by atoms with van der Waals surface area (Å²) < 4.78 is 42.6. The Hall–Kier alpha value is -0.510. The van der Waals surface area contributed by atoms with Crippen molar-refractivity contribution in [2.75, 3.05) is 6.54 Å². The van der Waals surface area contributed by atoms with Crippen LogP contribution in [0.3, 0.4) is 0 Å². The summed E-state index contributed by atoms with van der Waals surface area (Å²) in [6.07, 6.45) is -10.4. The van der Waals surface area contributed by atoms with E-state index in [2.05, 4.69) is 10.3 Å². The molecule has 110 valence electrons. The van der Waals surface area contributed by atoms with E-state index < -0.39 is 29.9 Å². The third-order valence-electron chi connectivity index (χ3n) is 2.98. The number of aliphatic hydroxyl groups excluding tert-OH is 2. The quantitative estimate of drug-likeness (QED) is 0.691. The third-order valence-corrected chi connectivity index (χ3v) is 4.12. The van der Waals surface area contributed by atoms with Crippen molar-refractivity contribution in [3.05, 3.63) is 0 Å². The van der Waals surface area contributed by atoms with Crippen molar-refractivity contribution >= 4 is 16.9 Å². The van der Waals surface area contributed by atoms with Gasteiger partial charge in [0, 0.05) is 6.54 Å². The molecule has 5 nitrogen and oxygen atoms in total. The van der Waals surface area contributed by atoms with E-state index in [-0.39, 0.29) is 12.5 Å². The number of hydrogen-bond donors (Lipinski definition) is 3. The summed E-state index contributed by atoms with van der Waals surface area (Å²) in [6, 6.07) is -0.290. The number of fused-ring (bicyclic) bond motifs is 1. The van der Waals surface area contributed by atoms with Gasteiger partial charge in [0.05, 0.1) is 12.1 Å². The molecular formula is C10H15F3N2O3S. The smallest absolute Gasteiger partial charge is 0.390 e. The number of rotatable bonds is 2. The van der Waals surface area contributed by atoms with Crippen molar-refractivity contribution in [2.45, 2.75) is 49.3 Å². The second-order valence-electron chi connectivity index (χ2n) is 4.41. The average molecular weight is 300 g/mol. The van der Waals surface area contributed by atoms with Gasteiger partial charge in [-0.25, -0.2) is 0 Å². The number of thioether (sulfide) groups is 1. The van der Waals surface area contributed by atoms with Gasteiger partial charge in [0.25, 0.3) is 0 Å². The summed E-state index contributed by atoms with van der Waals surface area (Å²) in [4.78, 5) is 4.11. The van der Waals surface area contributed by atoms with E-state index in [1.54, 1.807) is 0 Å². The normalized spacial score (nSPS) is 38.9. The molecule has 2 rings (SSSR count). The Morgan fingerprint density at radius 1 is 1.58 bits per heavy atom. The lowest BCUT2D eigenvalue weighted by molar-refractivity contribution is -0.260. The number of amidine groups is 1. The predicted octanol–water partition coefficient (Wildman–Crippen LogP) is 0.466. The maximum absolute atomic E-state index is 12.5. The maximum Gasteiger partial charge on any atom is 0.417 e. The lowest BCUT2D eigenvalue weighted by Crippen LogP contribution is -2.56. The molecule has 0 aromatic heterocycles. The van der Waals surface area contributed by atoms with Gasteiger partial charge < -0.3 is 20.3 Å². The van der Waals surface area contributed by atoms with Crippen LogP contribution in [0, 0.1) is 0 Å². The molecule has 0 radical (unpaired) electrons. The van der Waals surface area contributed by atoms with Gasteiger partial charge in [-0.2, -0.15) is 13.2 Å². The first kappa shape index (κ1) is 14.9. The Morgan fingerprint density at radius 3 is 2.84 bits per heavy atom. The second-order valence-corrected chi connectivity index (χ2v) is 5.49. The van der Waals surface area contributed by atoms with Crippen molar-refractivity contribution in [1.29, 1.82) is 0 Å². The summed E-state index contributed by atoms with van der Waals surface area (Å²) in [5.41, 5.74) is -0.573. The van der Waals surface area contributed by atoms with Crippen molar-refractivity contribution in [3.8, 4) is 0 Å². The fourth-order valence-electron chi connectivity index (χ4n) is 2.08. The van der Waals surface area contributed by atoms with Gasteiger partial charge in [-0.05, 0) is 13.3 Å². The van der Waals surface area contributed by atoms with Crippen LogP contribution in [0.5, 0.6) is 0 Å². The third kappa shape index (κ3) is 3.15. The van der Waals surface area contributed by atoms with Crippen molar-refractivity contribution in [3.63, 3.8) is 0 Å². The summed E-state index contributed by atoms with van der Waals surface area (Å²) in [5.74, 6) is 0. The molecule has 0 bridgehead atoms. The number of nitrogens with one attached hydrogen (secondary N) is 1. The Balaban J connectivity index is 2.06. The van der Waals surface area contributed by atoms with Crippen LogP contribution in [0.15, 0.2) is 4.99 Å². The molecule has 2 fully saturated rings. The van der Waals surface area contributed by atoms with Crippen LogP contribution in [-0.2, 0) is 4.74 Å². The number of ether oxygens (including phenoxy) is 1. The van der Waals surface area contributed by atoms with E-state index in [9.17, 15) is 23.4 Å². The van der Waals surface area contributed by atoms with Gasteiger partial charge in [-0.15, -0.1) is 0 Å². The monoisotopic (exact) mass is 300 g/mol. The van der Waals surface area contributed by atoms with Crippen molar-refractivity contribution < 1.29 is 28.1 Å². The minimum atomic E-state index is -4.81. The first-order valence-corrected chi connectivity index (χ1v) is 6.77. The fourth-order valence-corrected chi connectivity index (χ4v) is 3.25. The Kier molecular flexibility index (Phi) is 4.29. The van der Waals surface area contributed by atoms with Crippen LogP contribution in [0.1, 0.15) is 13.3 Å². The highest BCUT2D eigenvalue weighted by Gasteiger charge is 2.52. The highest BCUT2D eigenvalue weighted by atomic mass is 32.2. The lowest BCUT2D eigenvalue weighted by Gasteiger charge is -2.37. The lowest BCUT2D eigenvalue weighted by atomic mass is 9.97. The van der Waals surface area contributed by atoms with E-state index in [1.165, 1.54) is 11.8 Å². The minimum absolute atomic E-state index is 0.0816. The van der Waals surface area contributed by atoms with Crippen LogP contribution in [-0.4, -0.2) is 57.9 Å². The molecule has 9 heteroatoms. The largest absolute Gasteiger partial charge is 0.417 e. The van der Waals surface area contributed by atoms with Crippen molar-refractivity contribution in [2.24, 2.45) is 4.99 Å². The van der Waals surface area contributed by atoms with Crippen LogP contribution >= 0.6 is 11.8 Å². The van der Waals surface area contributed by atoms with E-state index in [1.807, 2.05) is 6.92 Å². The highest BCUT2D eigenvalue weighted by molar-refractivity contribution is 8.14. The van der Waals surface area contributed by atoms with E-state index in [0.29, 0.717) is 11.7 Å². The summed E-state index contributed by atoms with van der Waals surface area (Å²) in [6.45, 7) is 2.38. The SMILES string of the molecule is CCN=C1N[C@@H]2C[C@H](O)[C@@H]([C@@H](O)C(F)(F)F)O[C@@H]2S1. The number of halogens is 3. The van der Waals surface area contributed by atoms with E-state index in [4.69, 9.17) is 4.74 Å². The molecule has 0 unspecified atom stereocenters. The molecule has 2 aliphatic rings. The second kappa shape index (κ2) is 5.47. The molecule has 2 heterocycles.